The Bertz CT molecular complexity index is 776. The van der Waals surface area contributed by atoms with E-state index in [2.05, 4.69) is 10.4 Å². The van der Waals surface area contributed by atoms with Crippen LogP contribution in [0, 0.1) is 0 Å². The predicted octanol–water partition coefficient (Wildman–Crippen LogP) is 2.56. The molecule has 2 atom stereocenters. The van der Waals surface area contributed by atoms with Crippen molar-refractivity contribution in [3.63, 3.8) is 0 Å². The van der Waals surface area contributed by atoms with Crippen LogP contribution in [0.3, 0.4) is 0 Å². The molecule has 2 heterocycles. The molecule has 6 nitrogen and oxygen atoms in total. The van der Waals surface area contributed by atoms with Gasteiger partial charge in [0.1, 0.15) is 6.04 Å². The Morgan fingerprint density at radius 3 is 2.52 bits per heavy atom. The number of carbonyl (C=O) groups excluding carboxylic acids is 2. The largest absolute Gasteiger partial charge is 0.340 e. The quantitative estimate of drug-likeness (QED) is 0.934. The number of rotatable bonds is 3. The number of carbonyl (C=O) groups is 2. The third-order valence-corrected chi connectivity index (χ3v) is 4.42. The number of hydrogen-bond donors (Lipinski definition) is 1. The maximum atomic E-state index is 12.7. The standard InChI is InChI=1S/C19H24N4O2/c1-13-10-16(18(25)23(13)15-8-6-5-7-9-15)21-17(24)14-11-20-22(12-14)19(2,3)4/h5-9,11-13,16H,10H2,1-4H3,(H,21,24). The summed E-state index contributed by atoms with van der Waals surface area (Å²) < 4.78 is 1.75. The van der Waals surface area contributed by atoms with Crippen molar-refractivity contribution in [1.82, 2.24) is 15.1 Å². The predicted molar refractivity (Wildman–Crippen MR) is 96.5 cm³/mol. The third-order valence-electron chi connectivity index (χ3n) is 4.42. The highest BCUT2D eigenvalue weighted by Crippen LogP contribution is 2.26. The number of hydrogen-bond acceptors (Lipinski definition) is 3. The second-order valence-corrected chi connectivity index (χ2v) is 7.50. The zero-order valence-electron chi connectivity index (χ0n) is 15.1. The Morgan fingerprint density at radius 2 is 1.92 bits per heavy atom. The number of nitrogens with zero attached hydrogens (tertiary/aromatic N) is 3. The lowest BCUT2D eigenvalue weighted by Crippen LogP contribution is -2.41. The van der Waals surface area contributed by atoms with Crippen LogP contribution in [-0.2, 0) is 10.3 Å². The van der Waals surface area contributed by atoms with Crippen molar-refractivity contribution in [2.75, 3.05) is 4.90 Å². The molecule has 1 aromatic carbocycles. The Morgan fingerprint density at radius 1 is 1.24 bits per heavy atom. The van der Waals surface area contributed by atoms with Gasteiger partial charge in [0.05, 0.1) is 17.3 Å². The molecule has 2 unspecified atom stereocenters. The first kappa shape index (κ1) is 17.2. The minimum atomic E-state index is -0.513. The summed E-state index contributed by atoms with van der Waals surface area (Å²) >= 11 is 0. The molecule has 2 aromatic rings. The molecule has 0 radical (unpaired) electrons. The molecule has 132 valence electrons. The van der Waals surface area contributed by atoms with Gasteiger partial charge >= 0.3 is 0 Å². The molecular formula is C19H24N4O2. The van der Waals surface area contributed by atoms with Gasteiger partial charge in [-0.05, 0) is 46.2 Å². The monoisotopic (exact) mass is 340 g/mol. The lowest BCUT2D eigenvalue weighted by atomic mass is 10.1. The van der Waals surface area contributed by atoms with Crippen molar-refractivity contribution in [1.29, 1.82) is 0 Å². The molecule has 3 rings (SSSR count). The van der Waals surface area contributed by atoms with Gasteiger partial charge in [0.15, 0.2) is 0 Å². The van der Waals surface area contributed by atoms with E-state index in [1.165, 1.54) is 0 Å². The van der Waals surface area contributed by atoms with Crippen LogP contribution in [0.4, 0.5) is 5.69 Å². The third kappa shape index (κ3) is 3.43. The van der Waals surface area contributed by atoms with Gasteiger partial charge in [0, 0.05) is 17.9 Å². The van der Waals surface area contributed by atoms with E-state index in [9.17, 15) is 9.59 Å². The van der Waals surface area contributed by atoms with Crippen LogP contribution in [0.1, 0.15) is 44.5 Å². The van der Waals surface area contributed by atoms with Crippen molar-refractivity contribution in [2.45, 2.75) is 51.7 Å². The molecule has 1 fully saturated rings. The van der Waals surface area contributed by atoms with E-state index in [0.717, 1.165) is 5.69 Å². The van der Waals surface area contributed by atoms with E-state index >= 15 is 0 Å². The molecule has 2 amide bonds. The molecule has 1 aromatic heterocycles. The number of amides is 2. The number of nitrogens with one attached hydrogen (secondary N) is 1. The normalized spacial score (nSPS) is 20.8. The van der Waals surface area contributed by atoms with Crippen LogP contribution in [-0.4, -0.2) is 33.7 Å². The van der Waals surface area contributed by atoms with Crippen molar-refractivity contribution in [3.05, 3.63) is 48.3 Å². The summed E-state index contributed by atoms with van der Waals surface area (Å²) in [6.45, 7) is 8.04. The minimum Gasteiger partial charge on any atom is -0.340 e. The number of benzene rings is 1. The Hall–Kier alpha value is -2.63. The summed E-state index contributed by atoms with van der Waals surface area (Å²) in [6.07, 6.45) is 3.85. The molecule has 1 N–H and O–H groups in total. The fourth-order valence-corrected chi connectivity index (χ4v) is 3.07. The average molecular weight is 340 g/mol. The lowest BCUT2D eigenvalue weighted by Gasteiger charge is -2.21. The van der Waals surface area contributed by atoms with E-state index in [-0.39, 0.29) is 23.4 Å². The Kier molecular flexibility index (Phi) is 4.37. The van der Waals surface area contributed by atoms with Gasteiger partial charge in [-0.15, -0.1) is 0 Å². The molecule has 1 aliphatic rings. The number of anilines is 1. The van der Waals surface area contributed by atoms with E-state index in [4.69, 9.17) is 0 Å². The average Bonchev–Trinajstić information content (AvgIpc) is 3.14. The first-order valence-corrected chi connectivity index (χ1v) is 8.51. The highest BCUT2D eigenvalue weighted by atomic mass is 16.2. The first-order chi connectivity index (χ1) is 11.8. The molecular weight excluding hydrogens is 316 g/mol. The van der Waals surface area contributed by atoms with E-state index in [0.29, 0.717) is 12.0 Å². The number of aromatic nitrogens is 2. The van der Waals surface area contributed by atoms with Gasteiger partial charge in [-0.3, -0.25) is 14.3 Å². The van der Waals surface area contributed by atoms with Gasteiger partial charge in [-0.2, -0.15) is 5.10 Å². The molecule has 1 saturated heterocycles. The molecule has 6 heteroatoms. The van der Waals surface area contributed by atoms with Crippen molar-refractivity contribution < 1.29 is 9.59 Å². The topological polar surface area (TPSA) is 67.2 Å². The van der Waals surface area contributed by atoms with Crippen LogP contribution >= 0.6 is 0 Å². The van der Waals surface area contributed by atoms with Crippen LogP contribution in [0.5, 0.6) is 0 Å². The van der Waals surface area contributed by atoms with Gasteiger partial charge in [0.25, 0.3) is 5.91 Å². The minimum absolute atomic E-state index is 0.0394. The van der Waals surface area contributed by atoms with Crippen LogP contribution in [0.15, 0.2) is 42.7 Å². The van der Waals surface area contributed by atoms with Crippen molar-refractivity contribution >= 4 is 17.5 Å². The molecule has 0 aliphatic carbocycles. The van der Waals surface area contributed by atoms with Crippen LogP contribution < -0.4 is 10.2 Å². The summed E-state index contributed by atoms with van der Waals surface area (Å²) in [4.78, 5) is 27.0. The molecule has 1 aliphatic heterocycles. The fraction of sp³-hybridized carbons (Fsp3) is 0.421. The van der Waals surface area contributed by atoms with E-state index < -0.39 is 6.04 Å². The molecule has 0 bridgehead atoms. The van der Waals surface area contributed by atoms with Gasteiger partial charge in [-0.1, -0.05) is 18.2 Å². The maximum Gasteiger partial charge on any atom is 0.255 e. The molecule has 25 heavy (non-hydrogen) atoms. The van der Waals surface area contributed by atoms with E-state index in [1.807, 2.05) is 58.0 Å². The smallest absolute Gasteiger partial charge is 0.255 e. The summed E-state index contributed by atoms with van der Waals surface area (Å²) in [6, 6.07) is 9.07. The first-order valence-electron chi connectivity index (χ1n) is 8.51. The summed E-state index contributed by atoms with van der Waals surface area (Å²) in [5.74, 6) is -0.341. The van der Waals surface area contributed by atoms with Crippen molar-refractivity contribution in [3.8, 4) is 0 Å². The number of para-hydroxylation sites is 1. The SMILES string of the molecule is CC1CC(NC(=O)c2cnn(C(C)(C)C)c2)C(=O)N1c1ccccc1. The van der Waals surface area contributed by atoms with Crippen LogP contribution in [0.25, 0.3) is 0 Å². The molecule has 0 saturated carbocycles. The zero-order chi connectivity index (χ0) is 18.2. The lowest BCUT2D eigenvalue weighted by molar-refractivity contribution is -0.118. The zero-order valence-corrected chi connectivity index (χ0v) is 15.1. The highest BCUT2D eigenvalue weighted by Gasteiger charge is 2.39. The second-order valence-electron chi connectivity index (χ2n) is 7.50. The molecule has 0 spiro atoms. The van der Waals surface area contributed by atoms with Gasteiger partial charge < -0.3 is 10.2 Å². The van der Waals surface area contributed by atoms with Crippen LogP contribution in [0.2, 0.25) is 0 Å². The second kappa shape index (κ2) is 6.35. The highest BCUT2D eigenvalue weighted by molar-refractivity contribution is 6.04. The summed E-state index contributed by atoms with van der Waals surface area (Å²) in [5, 5.41) is 7.10. The van der Waals surface area contributed by atoms with E-state index in [1.54, 1.807) is 22.0 Å². The summed E-state index contributed by atoms with van der Waals surface area (Å²) in [5.41, 5.74) is 1.13. The summed E-state index contributed by atoms with van der Waals surface area (Å²) in [7, 11) is 0. The van der Waals surface area contributed by atoms with Crippen molar-refractivity contribution in [2.24, 2.45) is 0 Å². The van der Waals surface area contributed by atoms with Gasteiger partial charge in [0.2, 0.25) is 5.91 Å². The maximum absolute atomic E-state index is 12.7. The van der Waals surface area contributed by atoms with Gasteiger partial charge in [-0.25, -0.2) is 0 Å². The Labute approximate surface area is 147 Å². The Balaban J connectivity index is 1.72. The fourth-order valence-electron chi connectivity index (χ4n) is 3.07.